The van der Waals surface area contributed by atoms with E-state index >= 15 is 0 Å². The van der Waals surface area contributed by atoms with E-state index in [9.17, 15) is 14.4 Å². The second-order valence-corrected chi connectivity index (χ2v) is 10.4. The van der Waals surface area contributed by atoms with Crippen molar-refractivity contribution in [3.8, 4) is 0 Å². The van der Waals surface area contributed by atoms with Gasteiger partial charge in [0, 0.05) is 31.8 Å². The van der Waals surface area contributed by atoms with Gasteiger partial charge in [0.15, 0.2) is 24.3 Å². The predicted octanol–water partition coefficient (Wildman–Crippen LogP) is 4.06. The van der Waals surface area contributed by atoms with Gasteiger partial charge < -0.3 is 18.9 Å². The smallest absolute Gasteiger partial charge is 0.303 e. The number of ketones is 1. The van der Waals surface area contributed by atoms with Crippen molar-refractivity contribution in [2.45, 2.75) is 106 Å². The SMILES string of the molecule is CC(=O)OC1C(C(=O)C(C)(C)C)O[C@@H](OCCCCC(C)(C)C)C(C)[C@H]1OC(C)=O. The van der Waals surface area contributed by atoms with Gasteiger partial charge in [0.05, 0.1) is 0 Å². The molecule has 1 fully saturated rings. The van der Waals surface area contributed by atoms with Crippen LogP contribution in [0, 0.1) is 16.7 Å². The van der Waals surface area contributed by atoms with Gasteiger partial charge in [0.2, 0.25) is 0 Å². The lowest BCUT2D eigenvalue weighted by Gasteiger charge is -2.44. The summed E-state index contributed by atoms with van der Waals surface area (Å²) in [6, 6.07) is 0. The molecule has 1 aliphatic heterocycles. The number of hydrogen-bond acceptors (Lipinski definition) is 7. The van der Waals surface area contributed by atoms with Crippen molar-refractivity contribution in [2.75, 3.05) is 6.61 Å². The van der Waals surface area contributed by atoms with Crippen LogP contribution in [0.4, 0.5) is 0 Å². The van der Waals surface area contributed by atoms with E-state index in [-0.39, 0.29) is 11.2 Å². The van der Waals surface area contributed by atoms with Crippen molar-refractivity contribution in [3.05, 3.63) is 0 Å². The Balaban J connectivity index is 3.01. The lowest BCUT2D eigenvalue weighted by molar-refractivity contribution is -0.278. The lowest BCUT2D eigenvalue weighted by Crippen LogP contribution is -2.61. The Hall–Kier alpha value is -1.47. The molecule has 1 rings (SSSR count). The van der Waals surface area contributed by atoms with Crippen molar-refractivity contribution in [2.24, 2.45) is 16.7 Å². The third-order valence-corrected chi connectivity index (χ3v) is 5.06. The second-order valence-electron chi connectivity index (χ2n) is 10.4. The molecule has 0 amide bonds. The van der Waals surface area contributed by atoms with E-state index in [0.717, 1.165) is 19.3 Å². The fraction of sp³-hybridized carbons (Fsp3) is 0.870. The van der Waals surface area contributed by atoms with Crippen LogP contribution in [0.1, 0.15) is 81.6 Å². The predicted molar refractivity (Wildman–Crippen MR) is 113 cm³/mol. The van der Waals surface area contributed by atoms with E-state index in [0.29, 0.717) is 6.61 Å². The number of ether oxygens (including phenoxy) is 4. The zero-order valence-corrected chi connectivity index (χ0v) is 20.1. The zero-order valence-electron chi connectivity index (χ0n) is 20.1. The van der Waals surface area contributed by atoms with E-state index in [1.54, 1.807) is 20.8 Å². The maximum Gasteiger partial charge on any atom is 0.303 e. The van der Waals surface area contributed by atoms with Crippen molar-refractivity contribution >= 4 is 17.7 Å². The number of rotatable bonds is 8. The van der Waals surface area contributed by atoms with Crippen LogP contribution in [-0.4, -0.2) is 48.9 Å². The minimum Gasteiger partial charge on any atom is -0.458 e. The quantitative estimate of drug-likeness (QED) is 0.425. The normalized spacial score (nSPS) is 27.4. The average Bonchev–Trinajstić information content (AvgIpc) is 2.56. The Morgan fingerprint density at radius 3 is 1.87 bits per heavy atom. The zero-order chi connectivity index (χ0) is 23.3. The molecular formula is C23H40O7. The molecule has 0 aromatic heterocycles. The second kappa shape index (κ2) is 10.7. The standard InChI is InChI=1S/C23H40O7/c1-14-17(28-15(2)24)18(29-16(3)25)19(20(26)23(7,8)9)30-21(14)27-13-11-10-12-22(4,5)6/h14,17-19,21H,10-13H2,1-9H3/t14?,17-,18?,19?,21-/m1/s1. The summed E-state index contributed by atoms with van der Waals surface area (Å²) in [6.07, 6.45) is -0.732. The molecule has 7 nitrogen and oxygen atoms in total. The van der Waals surface area contributed by atoms with Crippen LogP contribution in [-0.2, 0) is 33.3 Å². The molecule has 30 heavy (non-hydrogen) atoms. The molecule has 174 valence electrons. The molecule has 0 bridgehead atoms. The van der Waals surface area contributed by atoms with Gasteiger partial charge in [-0.05, 0) is 18.3 Å². The molecule has 1 heterocycles. The lowest BCUT2D eigenvalue weighted by atomic mass is 9.81. The van der Waals surface area contributed by atoms with Crippen molar-refractivity contribution in [1.29, 1.82) is 0 Å². The van der Waals surface area contributed by atoms with Crippen molar-refractivity contribution < 1.29 is 33.3 Å². The number of Topliss-reactive ketones (excluding diaryl/α,β-unsaturated/α-hetero) is 1. The summed E-state index contributed by atoms with van der Waals surface area (Å²) >= 11 is 0. The Bertz CT molecular complexity index is 600. The summed E-state index contributed by atoms with van der Waals surface area (Å²) in [7, 11) is 0. The first-order valence-corrected chi connectivity index (χ1v) is 10.8. The number of carbonyl (C=O) groups excluding carboxylic acids is 3. The Morgan fingerprint density at radius 2 is 1.40 bits per heavy atom. The number of unbranched alkanes of at least 4 members (excludes halogenated alkanes) is 1. The van der Waals surface area contributed by atoms with Gasteiger partial charge in [-0.25, -0.2) is 0 Å². The average molecular weight is 429 g/mol. The first kappa shape index (κ1) is 26.6. The van der Waals surface area contributed by atoms with E-state index in [4.69, 9.17) is 18.9 Å². The summed E-state index contributed by atoms with van der Waals surface area (Å²) in [4.78, 5) is 36.5. The van der Waals surface area contributed by atoms with Crippen molar-refractivity contribution in [1.82, 2.24) is 0 Å². The molecule has 5 atom stereocenters. The van der Waals surface area contributed by atoms with Gasteiger partial charge in [-0.3, -0.25) is 14.4 Å². The highest BCUT2D eigenvalue weighted by molar-refractivity contribution is 5.89. The van der Waals surface area contributed by atoms with Crippen LogP contribution in [0.3, 0.4) is 0 Å². The minimum atomic E-state index is -1.07. The molecule has 7 heteroatoms. The highest BCUT2D eigenvalue weighted by atomic mass is 16.7. The van der Waals surface area contributed by atoms with Crippen LogP contribution in [0.5, 0.6) is 0 Å². The molecule has 0 spiro atoms. The fourth-order valence-corrected chi connectivity index (χ4v) is 3.44. The van der Waals surface area contributed by atoms with Gasteiger partial charge >= 0.3 is 11.9 Å². The minimum absolute atomic E-state index is 0.237. The summed E-state index contributed by atoms with van der Waals surface area (Å²) in [5.41, 5.74) is -0.474. The first-order chi connectivity index (χ1) is 13.6. The van der Waals surface area contributed by atoms with Gasteiger partial charge in [0.1, 0.15) is 6.10 Å². The highest BCUT2D eigenvalue weighted by Crippen LogP contribution is 2.35. The van der Waals surface area contributed by atoms with Gasteiger partial charge in [0.25, 0.3) is 0 Å². The molecule has 0 aromatic carbocycles. The van der Waals surface area contributed by atoms with E-state index in [1.165, 1.54) is 13.8 Å². The molecule has 0 radical (unpaired) electrons. The van der Waals surface area contributed by atoms with Crippen molar-refractivity contribution in [3.63, 3.8) is 0 Å². The molecule has 0 N–H and O–H groups in total. The van der Waals surface area contributed by atoms with Gasteiger partial charge in [-0.2, -0.15) is 0 Å². The topological polar surface area (TPSA) is 88.1 Å². The maximum absolute atomic E-state index is 13.1. The monoisotopic (exact) mass is 428 g/mol. The number of hydrogen-bond donors (Lipinski definition) is 0. The summed E-state index contributed by atoms with van der Waals surface area (Å²) in [6.45, 7) is 16.7. The Morgan fingerprint density at radius 1 is 0.867 bits per heavy atom. The maximum atomic E-state index is 13.1. The van der Waals surface area contributed by atoms with Gasteiger partial charge in [-0.15, -0.1) is 0 Å². The van der Waals surface area contributed by atoms with Crippen LogP contribution in [0.15, 0.2) is 0 Å². The highest BCUT2D eigenvalue weighted by Gasteiger charge is 2.52. The molecule has 0 aromatic rings. The fourth-order valence-electron chi connectivity index (χ4n) is 3.44. The number of esters is 2. The Labute approximate surface area is 181 Å². The molecule has 0 saturated carbocycles. The number of carbonyl (C=O) groups is 3. The van der Waals surface area contributed by atoms with Gasteiger partial charge in [-0.1, -0.05) is 54.9 Å². The summed E-state index contributed by atoms with van der Waals surface area (Å²) in [5, 5.41) is 0. The van der Waals surface area contributed by atoms with Crippen LogP contribution >= 0.6 is 0 Å². The third-order valence-electron chi connectivity index (χ3n) is 5.06. The van der Waals surface area contributed by atoms with E-state index in [1.807, 2.05) is 6.92 Å². The van der Waals surface area contributed by atoms with Crippen LogP contribution < -0.4 is 0 Å². The van der Waals surface area contributed by atoms with E-state index in [2.05, 4.69) is 20.8 Å². The molecule has 0 aliphatic carbocycles. The first-order valence-electron chi connectivity index (χ1n) is 10.8. The van der Waals surface area contributed by atoms with E-state index < -0.39 is 47.9 Å². The third kappa shape index (κ3) is 8.34. The molecule has 1 saturated heterocycles. The molecule has 3 unspecified atom stereocenters. The summed E-state index contributed by atoms with van der Waals surface area (Å²) < 4.78 is 22.9. The summed E-state index contributed by atoms with van der Waals surface area (Å²) in [5.74, 6) is -1.73. The van der Waals surface area contributed by atoms with Crippen LogP contribution in [0.25, 0.3) is 0 Å². The molecular weight excluding hydrogens is 388 g/mol. The molecule has 1 aliphatic rings. The Kier molecular flexibility index (Phi) is 9.49. The largest absolute Gasteiger partial charge is 0.458 e. The van der Waals surface area contributed by atoms with Crippen LogP contribution in [0.2, 0.25) is 0 Å².